The van der Waals surface area contributed by atoms with Crippen LogP contribution >= 0.6 is 0 Å². The first-order chi connectivity index (χ1) is 11.6. The lowest BCUT2D eigenvalue weighted by molar-refractivity contribution is -0.150. The van der Waals surface area contributed by atoms with Crippen molar-refractivity contribution in [2.75, 3.05) is 19.7 Å². The van der Waals surface area contributed by atoms with Crippen LogP contribution in [0.5, 0.6) is 0 Å². The fraction of sp³-hybridized carbons (Fsp3) is 0.500. The summed E-state index contributed by atoms with van der Waals surface area (Å²) >= 11 is 0. The number of para-hydroxylation sites is 1. The van der Waals surface area contributed by atoms with Crippen LogP contribution in [0, 0.1) is 5.92 Å². The standard InChI is InChI=1S/C18H23N3O3/c1-3-24-18(23)13-7-6-10-21(11-13)12(2)16-19-15-9-5-4-8-14(15)17(22)20-16/h4-5,8-9,12-13H,3,6-7,10-11H2,1-2H3,(H,19,20,22)/t12-,13-/m0/s1. The average molecular weight is 329 g/mol. The number of likely N-dealkylation sites (tertiary alicyclic amines) is 1. The number of carbonyl (C=O) groups excluding carboxylic acids is 1. The van der Waals surface area contributed by atoms with E-state index in [0.717, 1.165) is 19.4 Å². The van der Waals surface area contributed by atoms with Gasteiger partial charge in [0.1, 0.15) is 5.82 Å². The minimum Gasteiger partial charge on any atom is -0.466 e. The molecule has 3 rings (SSSR count). The Morgan fingerprint density at radius 1 is 1.46 bits per heavy atom. The maximum atomic E-state index is 12.3. The smallest absolute Gasteiger partial charge is 0.310 e. The van der Waals surface area contributed by atoms with Gasteiger partial charge in [0.15, 0.2) is 0 Å². The summed E-state index contributed by atoms with van der Waals surface area (Å²) in [5.41, 5.74) is 0.573. The van der Waals surface area contributed by atoms with Crippen molar-refractivity contribution >= 4 is 16.9 Å². The molecule has 1 aromatic heterocycles. The minimum absolute atomic E-state index is 0.0560. The Morgan fingerprint density at radius 3 is 3.04 bits per heavy atom. The van der Waals surface area contributed by atoms with Crippen molar-refractivity contribution in [2.45, 2.75) is 32.7 Å². The van der Waals surface area contributed by atoms with Crippen LogP contribution in [-0.4, -0.2) is 40.5 Å². The van der Waals surface area contributed by atoms with E-state index < -0.39 is 0 Å². The van der Waals surface area contributed by atoms with Gasteiger partial charge in [-0.05, 0) is 45.4 Å². The second-order valence-corrected chi connectivity index (χ2v) is 6.23. The van der Waals surface area contributed by atoms with E-state index in [2.05, 4.69) is 14.9 Å². The molecular weight excluding hydrogens is 306 g/mol. The van der Waals surface area contributed by atoms with Gasteiger partial charge in [0.2, 0.25) is 0 Å². The first kappa shape index (κ1) is 16.6. The zero-order valence-corrected chi connectivity index (χ0v) is 14.1. The second-order valence-electron chi connectivity index (χ2n) is 6.23. The number of hydrogen-bond acceptors (Lipinski definition) is 5. The summed E-state index contributed by atoms with van der Waals surface area (Å²) in [6.07, 6.45) is 1.79. The van der Waals surface area contributed by atoms with Crippen LogP contribution < -0.4 is 5.56 Å². The maximum Gasteiger partial charge on any atom is 0.310 e. The summed E-state index contributed by atoms with van der Waals surface area (Å²) < 4.78 is 5.15. The molecule has 0 amide bonds. The maximum absolute atomic E-state index is 12.3. The number of esters is 1. The normalized spacial score (nSPS) is 20.0. The molecule has 1 aromatic carbocycles. The number of rotatable bonds is 4. The van der Waals surface area contributed by atoms with Crippen LogP contribution in [0.1, 0.15) is 38.6 Å². The molecule has 0 bridgehead atoms. The molecule has 6 nitrogen and oxygen atoms in total. The fourth-order valence-electron chi connectivity index (χ4n) is 3.29. The number of aromatic amines is 1. The zero-order valence-electron chi connectivity index (χ0n) is 14.1. The second kappa shape index (κ2) is 7.13. The monoisotopic (exact) mass is 329 g/mol. The van der Waals surface area contributed by atoms with Gasteiger partial charge in [-0.3, -0.25) is 14.5 Å². The summed E-state index contributed by atoms with van der Waals surface area (Å²) in [5, 5.41) is 0.594. The number of nitrogens with one attached hydrogen (secondary N) is 1. The first-order valence-corrected chi connectivity index (χ1v) is 8.49. The molecule has 128 valence electrons. The summed E-state index contributed by atoms with van der Waals surface area (Å²) in [6.45, 7) is 5.76. The van der Waals surface area contributed by atoms with Gasteiger partial charge in [0.05, 0.1) is 29.5 Å². The van der Waals surface area contributed by atoms with Gasteiger partial charge >= 0.3 is 5.97 Å². The van der Waals surface area contributed by atoms with Crippen molar-refractivity contribution in [2.24, 2.45) is 5.92 Å². The van der Waals surface area contributed by atoms with E-state index in [1.807, 2.05) is 32.0 Å². The predicted octanol–water partition coefficient (Wildman–Crippen LogP) is 2.26. The number of piperidine rings is 1. The topological polar surface area (TPSA) is 75.3 Å². The highest BCUT2D eigenvalue weighted by atomic mass is 16.5. The van der Waals surface area contributed by atoms with Crippen LogP contribution in [0.15, 0.2) is 29.1 Å². The molecule has 0 radical (unpaired) electrons. The number of nitrogens with zero attached hydrogens (tertiary/aromatic N) is 2. The van der Waals surface area contributed by atoms with E-state index in [0.29, 0.717) is 29.9 Å². The predicted molar refractivity (Wildman–Crippen MR) is 91.7 cm³/mol. The van der Waals surface area contributed by atoms with E-state index in [4.69, 9.17) is 4.74 Å². The lowest BCUT2D eigenvalue weighted by Crippen LogP contribution is -2.41. The lowest BCUT2D eigenvalue weighted by atomic mass is 9.97. The largest absolute Gasteiger partial charge is 0.466 e. The summed E-state index contributed by atoms with van der Waals surface area (Å²) in [5.74, 6) is 0.408. The van der Waals surface area contributed by atoms with Crippen LogP contribution in [-0.2, 0) is 9.53 Å². The molecule has 1 aliphatic rings. The number of aromatic nitrogens is 2. The number of hydrogen-bond donors (Lipinski definition) is 1. The molecule has 2 aromatic rings. The number of fused-ring (bicyclic) bond motifs is 1. The molecule has 24 heavy (non-hydrogen) atoms. The fourth-order valence-corrected chi connectivity index (χ4v) is 3.29. The van der Waals surface area contributed by atoms with Gasteiger partial charge in [-0.2, -0.15) is 0 Å². The Kier molecular flexibility index (Phi) is 4.94. The molecule has 6 heteroatoms. The van der Waals surface area contributed by atoms with E-state index in [9.17, 15) is 9.59 Å². The van der Waals surface area contributed by atoms with Gasteiger partial charge in [0.25, 0.3) is 5.56 Å². The van der Waals surface area contributed by atoms with Crippen molar-refractivity contribution < 1.29 is 9.53 Å². The van der Waals surface area contributed by atoms with Crippen molar-refractivity contribution in [3.05, 3.63) is 40.4 Å². The molecule has 0 aliphatic carbocycles. The van der Waals surface area contributed by atoms with Crippen molar-refractivity contribution in [3.8, 4) is 0 Å². The molecule has 2 atom stereocenters. The Balaban J connectivity index is 1.82. The van der Waals surface area contributed by atoms with E-state index in [-0.39, 0.29) is 23.5 Å². The third kappa shape index (κ3) is 3.33. The Morgan fingerprint density at radius 2 is 2.25 bits per heavy atom. The van der Waals surface area contributed by atoms with Crippen molar-refractivity contribution in [1.82, 2.24) is 14.9 Å². The third-order valence-corrected chi connectivity index (χ3v) is 4.65. The van der Waals surface area contributed by atoms with Crippen LogP contribution in [0.2, 0.25) is 0 Å². The van der Waals surface area contributed by atoms with E-state index in [1.54, 1.807) is 6.07 Å². The number of ether oxygens (including phenoxy) is 1. The van der Waals surface area contributed by atoms with Gasteiger partial charge in [0, 0.05) is 6.54 Å². The molecule has 1 N–H and O–H groups in total. The number of carbonyl (C=O) groups is 1. The number of benzene rings is 1. The van der Waals surface area contributed by atoms with E-state index >= 15 is 0 Å². The number of H-pyrrole nitrogens is 1. The van der Waals surface area contributed by atoms with Gasteiger partial charge < -0.3 is 9.72 Å². The van der Waals surface area contributed by atoms with Crippen LogP contribution in [0.25, 0.3) is 10.9 Å². The Hall–Kier alpha value is -2.21. The highest BCUT2D eigenvalue weighted by Gasteiger charge is 2.30. The molecular formula is C18H23N3O3. The highest BCUT2D eigenvalue weighted by Crippen LogP contribution is 2.25. The zero-order chi connectivity index (χ0) is 17.1. The average Bonchev–Trinajstić information content (AvgIpc) is 2.61. The Bertz CT molecular complexity index is 786. The summed E-state index contributed by atoms with van der Waals surface area (Å²) in [4.78, 5) is 34.0. The molecule has 0 unspecified atom stereocenters. The third-order valence-electron chi connectivity index (χ3n) is 4.65. The quantitative estimate of drug-likeness (QED) is 0.871. The summed E-state index contributed by atoms with van der Waals surface area (Å²) in [6, 6.07) is 7.27. The van der Waals surface area contributed by atoms with E-state index in [1.165, 1.54) is 0 Å². The van der Waals surface area contributed by atoms with Gasteiger partial charge in [-0.1, -0.05) is 12.1 Å². The molecule has 0 saturated carbocycles. The molecule has 1 saturated heterocycles. The molecule has 0 spiro atoms. The minimum atomic E-state index is -0.130. The Labute approximate surface area is 140 Å². The molecule has 1 aliphatic heterocycles. The lowest BCUT2D eigenvalue weighted by Gasteiger charge is -2.35. The summed E-state index contributed by atoms with van der Waals surface area (Å²) in [7, 11) is 0. The first-order valence-electron chi connectivity index (χ1n) is 8.49. The molecule has 2 heterocycles. The van der Waals surface area contributed by atoms with Crippen molar-refractivity contribution in [3.63, 3.8) is 0 Å². The highest BCUT2D eigenvalue weighted by molar-refractivity contribution is 5.77. The van der Waals surface area contributed by atoms with Gasteiger partial charge in [-0.25, -0.2) is 4.98 Å². The van der Waals surface area contributed by atoms with Gasteiger partial charge in [-0.15, -0.1) is 0 Å². The van der Waals surface area contributed by atoms with Crippen LogP contribution in [0.3, 0.4) is 0 Å². The SMILES string of the molecule is CCOC(=O)[C@H]1CCCN([C@@H](C)c2nc3ccccc3c(=O)[nH]2)C1. The van der Waals surface area contributed by atoms with Crippen LogP contribution in [0.4, 0.5) is 0 Å². The molecule has 1 fully saturated rings. The van der Waals surface area contributed by atoms with Crippen molar-refractivity contribution in [1.29, 1.82) is 0 Å².